The van der Waals surface area contributed by atoms with E-state index in [-0.39, 0.29) is 30.3 Å². The molecule has 0 aliphatic heterocycles. The number of rotatable bonds is 6. The molecule has 0 radical (unpaired) electrons. The van der Waals surface area contributed by atoms with Gasteiger partial charge in [0.2, 0.25) is 5.91 Å². The van der Waals surface area contributed by atoms with Crippen LogP contribution in [0, 0.1) is 5.92 Å². The third-order valence-electron chi connectivity index (χ3n) is 4.41. The van der Waals surface area contributed by atoms with Gasteiger partial charge in [-0.15, -0.1) is 0 Å². The van der Waals surface area contributed by atoms with E-state index in [2.05, 4.69) is 5.32 Å². The van der Waals surface area contributed by atoms with E-state index in [1.165, 1.54) is 4.90 Å². The van der Waals surface area contributed by atoms with Gasteiger partial charge in [0.15, 0.2) is 6.61 Å². The lowest BCUT2D eigenvalue weighted by Crippen LogP contribution is -2.27. The molecule has 0 aromatic heterocycles. The van der Waals surface area contributed by atoms with E-state index in [4.69, 9.17) is 16.3 Å². The Labute approximate surface area is 157 Å². The first-order valence-corrected chi connectivity index (χ1v) is 8.82. The molecule has 0 spiro atoms. The zero-order valence-electron chi connectivity index (χ0n) is 14.7. The van der Waals surface area contributed by atoms with Gasteiger partial charge in [0.1, 0.15) is 5.75 Å². The van der Waals surface area contributed by atoms with Gasteiger partial charge in [0.25, 0.3) is 5.91 Å². The van der Waals surface area contributed by atoms with Crippen LogP contribution in [0.4, 0.5) is 5.69 Å². The predicted molar refractivity (Wildman–Crippen MR) is 102 cm³/mol. The van der Waals surface area contributed by atoms with Crippen LogP contribution in [-0.4, -0.2) is 37.4 Å². The van der Waals surface area contributed by atoms with Crippen molar-refractivity contribution in [2.24, 2.45) is 5.92 Å². The molecule has 6 heteroatoms. The summed E-state index contributed by atoms with van der Waals surface area (Å²) in [6, 6.07) is 14.6. The highest BCUT2D eigenvalue weighted by molar-refractivity contribution is 6.31. The lowest BCUT2D eigenvalue weighted by Gasteiger charge is -2.12. The first-order chi connectivity index (χ1) is 12.5. The summed E-state index contributed by atoms with van der Waals surface area (Å²) in [5, 5.41) is 3.63. The van der Waals surface area contributed by atoms with E-state index in [1.54, 1.807) is 38.4 Å². The van der Waals surface area contributed by atoms with E-state index < -0.39 is 0 Å². The van der Waals surface area contributed by atoms with Crippen LogP contribution < -0.4 is 10.1 Å². The van der Waals surface area contributed by atoms with Crippen LogP contribution in [0.2, 0.25) is 5.02 Å². The second-order valence-electron chi connectivity index (χ2n) is 6.56. The number of hydrogen-bond acceptors (Lipinski definition) is 3. The number of carbonyl (C=O) groups is 2. The Morgan fingerprint density at radius 3 is 2.50 bits per heavy atom. The SMILES string of the molecule is CN(C)C(=O)COc1ccc(NC(=O)C2CC2c2ccccc2Cl)cc1. The van der Waals surface area contributed by atoms with Crippen molar-refractivity contribution in [3.05, 3.63) is 59.1 Å². The summed E-state index contributed by atoms with van der Waals surface area (Å²) in [5.41, 5.74) is 1.73. The number of likely N-dealkylation sites (N-methyl/N-ethyl adjacent to an activating group) is 1. The molecule has 1 N–H and O–H groups in total. The number of ether oxygens (including phenoxy) is 1. The van der Waals surface area contributed by atoms with Crippen molar-refractivity contribution in [2.75, 3.05) is 26.0 Å². The molecular weight excluding hydrogens is 352 g/mol. The quantitative estimate of drug-likeness (QED) is 0.843. The monoisotopic (exact) mass is 372 g/mol. The summed E-state index contributed by atoms with van der Waals surface area (Å²) in [4.78, 5) is 25.4. The van der Waals surface area contributed by atoms with E-state index in [0.29, 0.717) is 16.5 Å². The molecule has 2 atom stereocenters. The minimum absolute atomic E-state index is 0.00799. The number of nitrogens with zero attached hydrogens (tertiary/aromatic N) is 1. The second-order valence-corrected chi connectivity index (χ2v) is 6.97. The maximum absolute atomic E-state index is 12.4. The zero-order chi connectivity index (χ0) is 18.7. The van der Waals surface area contributed by atoms with Crippen LogP contribution in [0.25, 0.3) is 0 Å². The largest absolute Gasteiger partial charge is 0.484 e. The zero-order valence-corrected chi connectivity index (χ0v) is 15.5. The Bertz CT molecular complexity index is 805. The lowest BCUT2D eigenvalue weighted by atomic mass is 10.1. The summed E-state index contributed by atoms with van der Waals surface area (Å²) < 4.78 is 5.42. The molecule has 2 unspecified atom stereocenters. The van der Waals surface area contributed by atoms with Gasteiger partial charge in [-0.3, -0.25) is 9.59 Å². The molecule has 1 fully saturated rings. The number of anilines is 1. The van der Waals surface area contributed by atoms with Gasteiger partial charge in [-0.2, -0.15) is 0 Å². The van der Waals surface area contributed by atoms with Crippen molar-refractivity contribution in [1.82, 2.24) is 4.90 Å². The van der Waals surface area contributed by atoms with Crippen molar-refractivity contribution in [3.8, 4) is 5.75 Å². The number of halogens is 1. The summed E-state index contributed by atoms with van der Waals surface area (Å²) in [6.45, 7) is -0.0136. The highest BCUT2D eigenvalue weighted by atomic mass is 35.5. The molecule has 1 aliphatic rings. The minimum atomic E-state index is -0.110. The standard InChI is InChI=1S/C20H21ClN2O3/c1-23(2)19(24)12-26-14-9-7-13(8-10-14)22-20(25)17-11-16(17)15-5-3-4-6-18(15)21/h3-10,16-17H,11-12H2,1-2H3,(H,22,25). The molecule has 2 aromatic rings. The molecule has 2 aromatic carbocycles. The second kappa shape index (κ2) is 7.79. The predicted octanol–water partition coefficient (Wildman–Crippen LogP) is 3.55. The van der Waals surface area contributed by atoms with Crippen molar-refractivity contribution in [3.63, 3.8) is 0 Å². The molecule has 3 rings (SSSR count). The molecular formula is C20H21ClN2O3. The number of benzene rings is 2. The maximum atomic E-state index is 12.4. The van der Waals surface area contributed by atoms with Crippen LogP contribution in [-0.2, 0) is 9.59 Å². The van der Waals surface area contributed by atoms with Crippen molar-refractivity contribution in [1.29, 1.82) is 0 Å². The van der Waals surface area contributed by atoms with E-state index in [1.807, 2.05) is 24.3 Å². The average molecular weight is 373 g/mol. The van der Waals surface area contributed by atoms with Gasteiger partial charge in [0.05, 0.1) is 0 Å². The summed E-state index contributed by atoms with van der Waals surface area (Å²) >= 11 is 6.21. The van der Waals surface area contributed by atoms with E-state index in [0.717, 1.165) is 12.0 Å². The first kappa shape index (κ1) is 18.3. The average Bonchev–Trinajstić information content (AvgIpc) is 3.42. The van der Waals surface area contributed by atoms with Crippen LogP contribution in [0.3, 0.4) is 0 Å². The molecule has 136 valence electrons. The first-order valence-electron chi connectivity index (χ1n) is 8.44. The summed E-state index contributed by atoms with van der Waals surface area (Å²) in [6.07, 6.45) is 0.809. The molecule has 0 bridgehead atoms. The Morgan fingerprint density at radius 1 is 1.15 bits per heavy atom. The molecule has 1 saturated carbocycles. The van der Waals surface area contributed by atoms with E-state index in [9.17, 15) is 9.59 Å². The van der Waals surface area contributed by atoms with Crippen molar-refractivity contribution in [2.45, 2.75) is 12.3 Å². The maximum Gasteiger partial charge on any atom is 0.259 e. The van der Waals surface area contributed by atoms with Gasteiger partial charge in [-0.05, 0) is 48.2 Å². The number of amides is 2. The fourth-order valence-corrected chi connectivity index (χ4v) is 3.02. The Morgan fingerprint density at radius 2 is 1.85 bits per heavy atom. The molecule has 1 aliphatic carbocycles. The van der Waals surface area contributed by atoms with Crippen LogP contribution >= 0.6 is 11.6 Å². The van der Waals surface area contributed by atoms with Gasteiger partial charge < -0.3 is 15.0 Å². The van der Waals surface area contributed by atoms with Crippen LogP contribution in [0.15, 0.2) is 48.5 Å². The molecule has 5 nitrogen and oxygen atoms in total. The third kappa shape index (κ3) is 4.35. The number of carbonyl (C=O) groups excluding carboxylic acids is 2. The van der Waals surface area contributed by atoms with Gasteiger partial charge in [-0.25, -0.2) is 0 Å². The summed E-state index contributed by atoms with van der Waals surface area (Å²) in [5.74, 6) is 0.596. The highest BCUT2D eigenvalue weighted by Gasteiger charge is 2.44. The topological polar surface area (TPSA) is 58.6 Å². The van der Waals surface area contributed by atoms with Crippen molar-refractivity contribution < 1.29 is 14.3 Å². The smallest absolute Gasteiger partial charge is 0.259 e. The summed E-state index contributed by atoms with van der Waals surface area (Å²) in [7, 11) is 3.36. The Kier molecular flexibility index (Phi) is 5.47. The lowest BCUT2D eigenvalue weighted by molar-refractivity contribution is -0.130. The van der Waals surface area contributed by atoms with Gasteiger partial charge in [0, 0.05) is 30.7 Å². The molecule has 26 heavy (non-hydrogen) atoms. The number of nitrogens with one attached hydrogen (secondary N) is 1. The van der Waals surface area contributed by atoms with Crippen LogP contribution in [0.1, 0.15) is 17.9 Å². The van der Waals surface area contributed by atoms with Gasteiger partial charge >= 0.3 is 0 Å². The highest BCUT2D eigenvalue weighted by Crippen LogP contribution is 2.50. The fourth-order valence-electron chi connectivity index (χ4n) is 2.75. The molecule has 0 heterocycles. The van der Waals surface area contributed by atoms with E-state index >= 15 is 0 Å². The molecule has 2 amide bonds. The Balaban J connectivity index is 1.53. The number of hydrogen-bond donors (Lipinski definition) is 1. The fraction of sp³-hybridized carbons (Fsp3) is 0.300. The minimum Gasteiger partial charge on any atom is -0.484 e. The van der Waals surface area contributed by atoms with Crippen LogP contribution in [0.5, 0.6) is 5.75 Å². The molecule has 0 saturated heterocycles. The van der Waals surface area contributed by atoms with Crippen molar-refractivity contribution >= 4 is 29.1 Å². The van der Waals surface area contributed by atoms with Gasteiger partial charge in [-0.1, -0.05) is 29.8 Å². The Hall–Kier alpha value is -2.53. The normalized spacial score (nSPS) is 18.1. The third-order valence-corrected chi connectivity index (χ3v) is 4.76.